The zero-order valence-corrected chi connectivity index (χ0v) is 17.8. The van der Waals surface area contributed by atoms with E-state index in [1.165, 1.54) is 0 Å². The number of amides is 1. The summed E-state index contributed by atoms with van der Waals surface area (Å²) >= 11 is 7.43. The fraction of sp³-hybridized carbons (Fsp3) is 0.136. The van der Waals surface area contributed by atoms with E-state index in [-0.39, 0.29) is 11.7 Å². The summed E-state index contributed by atoms with van der Waals surface area (Å²) < 4.78 is 7.38. The molecule has 0 spiro atoms. The minimum absolute atomic E-state index is 0.149. The first-order valence-corrected chi connectivity index (χ1v) is 10.6. The Hall–Kier alpha value is -3.16. The molecule has 4 rings (SSSR count). The monoisotopic (exact) mass is 438 g/mol. The van der Waals surface area contributed by atoms with Crippen LogP contribution >= 0.6 is 22.9 Å². The topological polar surface area (TPSA) is 60.2 Å². The normalized spacial score (nSPS) is 10.7. The molecule has 6 nitrogen and oxygen atoms in total. The highest BCUT2D eigenvalue weighted by atomic mass is 35.5. The second-order valence-corrected chi connectivity index (χ2v) is 7.90. The molecular formula is C22H19ClN4O2S. The second kappa shape index (κ2) is 9.11. The van der Waals surface area contributed by atoms with Crippen LogP contribution in [0.3, 0.4) is 0 Å². The van der Waals surface area contributed by atoms with Crippen LogP contribution < -0.4 is 4.74 Å². The van der Waals surface area contributed by atoms with Crippen molar-refractivity contribution in [3.63, 3.8) is 0 Å². The average molecular weight is 439 g/mol. The van der Waals surface area contributed by atoms with Crippen LogP contribution in [0.1, 0.15) is 10.6 Å². The molecule has 2 heterocycles. The van der Waals surface area contributed by atoms with E-state index in [0.29, 0.717) is 29.7 Å². The molecule has 0 fully saturated rings. The summed E-state index contributed by atoms with van der Waals surface area (Å²) in [5.74, 6) is 1.23. The maximum atomic E-state index is 12.9. The number of para-hydroxylation sites is 1. The summed E-state index contributed by atoms with van der Waals surface area (Å²) in [4.78, 5) is 20.0. The number of ether oxygens (including phenoxy) is 1. The van der Waals surface area contributed by atoms with Crippen LogP contribution in [0.25, 0.3) is 16.4 Å². The standard InChI is InChI=1S/C22H19ClN4O2S/c1-26(13-14-29-18-11-9-16(23)10-12-18)22(28)20-24-21(19-8-5-15-30-19)27(25-20)17-6-3-2-4-7-17/h2-12,15H,13-14H2,1H3. The zero-order valence-electron chi connectivity index (χ0n) is 16.2. The number of benzene rings is 2. The highest BCUT2D eigenvalue weighted by molar-refractivity contribution is 7.13. The molecule has 0 aliphatic rings. The number of hydrogen-bond donors (Lipinski definition) is 0. The molecule has 0 saturated carbocycles. The van der Waals surface area contributed by atoms with Gasteiger partial charge >= 0.3 is 0 Å². The Morgan fingerprint density at radius 3 is 2.57 bits per heavy atom. The van der Waals surface area contributed by atoms with E-state index >= 15 is 0 Å². The van der Waals surface area contributed by atoms with Crippen LogP contribution in [0.4, 0.5) is 0 Å². The molecule has 2 aromatic heterocycles. The van der Waals surface area contributed by atoms with E-state index in [4.69, 9.17) is 16.3 Å². The molecule has 0 saturated heterocycles. The van der Waals surface area contributed by atoms with E-state index in [1.54, 1.807) is 52.2 Å². The summed E-state index contributed by atoms with van der Waals surface area (Å²) in [6, 6.07) is 20.7. The van der Waals surface area contributed by atoms with Gasteiger partial charge in [0.2, 0.25) is 5.82 Å². The van der Waals surface area contributed by atoms with Crippen molar-refractivity contribution in [3.8, 4) is 22.1 Å². The first-order valence-electron chi connectivity index (χ1n) is 9.32. The molecule has 0 bridgehead atoms. The fourth-order valence-electron chi connectivity index (χ4n) is 2.82. The molecule has 0 radical (unpaired) electrons. The molecule has 0 N–H and O–H groups in total. The van der Waals surface area contributed by atoms with Crippen molar-refractivity contribution in [3.05, 3.63) is 83.0 Å². The highest BCUT2D eigenvalue weighted by Gasteiger charge is 2.22. The van der Waals surface area contributed by atoms with Crippen LogP contribution in [0, 0.1) is 0 Å². The van der Waals surface area contributed by atoms with E-state index in [1.807, 2.05) is 47.8 Å². The molecule has 0 atom stereocenters. The van der Waals surface area contributed by atoms with Crippen molar-refractivity contribution in [2.75, 3.05) is 20.2 Å². The summed E-state index contributed by atoms with van der Waals surface area (Å²) in [5.41, 5.74) is 0.848. The largest absolute Gasteiger partial charge is 0.492 e. The van der Waals surface area contributed by atoms with E-state index in [9.17, 15) is 4.79 Å². The third-order valence-electron chi connectivity index (χ3n) is 4.40. The third-order valence-corrected chi connectivity index (χ3v) is 5.51. The number of likely N-dealkylation sites (N-methyl/N-ethyl adjacent to an activating group) is 1. The predicted octanol–water partition coefficient (Wildman–Crippen LogP) is 4.80. The van der Waals surface area contributed by atoms with Crippen LogP contribution in [0.5, 0.6) is 5.75 Å². The summed E-state index contributed by atoms with van der Waals surface area (Å²) in [7, 11) is 1.71. The molecule has 1 amide bonds. The number of carbonyl (C=O) groups is 1. The lowest BCUT2D eigenvalue weighted by molar-refractivity contribution is 0.0762. The first kappa shape index (κ1) is 20.1. The van der Waals surface area contributed by atoms with Gasteiger partial charge in [0.1, 0.15) is 12.4 Å². The Bertz CT molecular complexity index is 1110. The first-order chi connectivity index (χ1) is 14.6. The van der Waals surface area contributed by atoms with Gasteiger partial charge in [0.15, 0.2) is 5.82 Å². The zero-order chi connectivity index (χ0) is 20.9. The van der Waals surface area contributed by atoms with Gasteiger partial charge in [-0.3, -0.25) is 4.79 Å². The van der Waals surface area contributed by atoms with Crippen molar-refractivity contribution < 1.29 is 9.53 Å². The van der Waals surface area contributed by atoms with Crippen molar-refractivity contribution in [2.45, 2.75) is 0 Å². The van der Waals surface area contributed by atoms with E-state index < -0.39 is 0 Å². The number of nitrogens with zero attached hydrogens (tertiary/aromatic N) is 4. The van der Waals surface area contributed by atoms with E-state index in [2.05, 4.69) is 10.1 Å². The predicted molar refractivity (Wildman–Crippen MR) is 119 cm³/mol. The molecule has 0 unspecified atom stereocenters. The molecule has 8 heteroatoms. The Balaban J connectivity index is 1.50. The maximum absolute atomic E-state index is 12.9. The van der Waals surface area contributed by atoms with Gasteiger partial charge in [-0.1, -0.05) is 35.9 Å². The lowest BCUT2D eigenvalue weighted by Gasteiger charge is -2.15. The van der Waals surface area contributed by atoms with Crippen molar-refractivity contribution >= 4 is 28.8 Å². The van der Waals surface area contributed by atoms with Gasteiger partial charge in [0, 0.05) is 12.1 Å². The minimum atomic E-state index is -0.262. The SMILES string of the molecule is CN(CCOc1ccc(Cl)cc1)C(=O)c1nc(-c2cccs2)n(-c2ccccc2)n1. The molecule has 0 aliphatic heterocycles. The third kappa shape index (κ3) is 4.53. The van der Waals surface area contributed by atoms with Crippen LogP contribution in [-0.4, -0.2) is 45.8 Å². The van der Waals surface area contributed by atoms with Gasteiger partial charge in [-0.15, -0.1) is 16.4 Å². The average Bonchev–Trinajstić information content (AvgIpc) is 3.45. The Kier molecular flexibility index (Phi) is 6.11. The number of hydrogen-bond acceptors (Lipinski definition) is 5. The Morgan fingerprint density at radius 2 is 1.87 bits per heavy atom. The molecule has 152 valence electrons. The molecule has 0 aliphatic carbocycles. The number of carbonyl (C=O) groups excluding carboxylic acids is 1. The van der Waals surface area contributed by atoms with Gasteiger partial charge in [-0.05, 0) is 47.8 Å². The van der Waals surface area contributed by atoms with Gasteiger partial charge < -0.3 is 9.64 Å². The number of halogens is 1. The van der Waals surface area contributed by atoms with Gasteiger partial charge in [-0.2, -0.15) is 0 Å². The Labute approximate surface area is 183 Å². The molecule has 4 aromatic rings. The Morgan fingerprint density at radius 1 is 1.10 bits per heavy atom. The van der Waals surface area contributed by atoms with Crippen molar-refractivity contribution in [1.29, 1.82) is 0 Å². The molecular weight excluding hydrogens is 420 g/mol. The van der Waals surface area contributed by atoms with Crippen molar-refractivity contribution in [1.82, 2.24) is 19.7 Å². The summed E-state index contributed by atoms with van der Waals surface area (Å²) in [5, 5.41) is 7.12. The quantitative estimate of drug-likeness (QED) is 0.416. The number of aromatic nitrogens is 3. The lowest BCUT2D eigenvalue weighted by atomic mass is 10.3. The minimum Gasteiger partial charge on any atom is -0.492 e. The fourth-order valence-corrected chi connectivity index (χ4v) is 3.65. The van der Waals surface area contributed by atoms with Crippen LogP contribution in [0.2, 0.25) is 5.02 Å². The van der Waals surface area contributed by atoms with E-state index in [0.717, 1.165) is 10.6 Å². The lowest BCUT2D eigenvalue weighted by Crippen LogP contribution is -2.31. The van der Waals surface area contributed by atoms with Crippen molar-refractivity contribution in [2.24, 2.45) is 0 Å². The smallest absolute Gasteiger partial charge is 0.293 e. The summed E-state index contributed by atoms with van der Waals surface area (Å²) in [6.45, 7) is 0.747. The number of rotatable bonds is 7. The molecule has 2 aromatic carbocycles. The van der Waals surface area contributed by atoms with Gasteiger partial charge in [-0.25, -0.2) is 9.67 Å². The maximum Gasteiger partial charge on any atom is 0.293 e. The van der Waals surface area contributed by atoms with Crippen LogP contribution in [-0.2, 0) is 0 Å². The van der Waals surface area contributed by atoms with Crippen LogP contribution in [0.15, 0.2) is 72.1 Å². The molecule has 30 heavy (non-hydrogen) atoms. The number of thiophene rings is 1. The highest BCUT2D eigenvalue weighted by Crippen LogP contribution is 2.25. The van der Waals surface area contributed by atoms with Gasteiger partial charge in [0.25, 0.3) is 5.91 Å². The summed E-state index contributed by atoms with van der Waals surface area (Å²) in [6.07, 6.45) is 0. The second-order valence-electron chi connectivity index (χ2n) is 6.51. The van der Waals surface area contributed by atoms with Gasteiger partial charge in [0.05, 0.1) is 17.1 Å².